The normalized spacial score (nSPS) is 15.5. The molecule has 0 saturated heterocycles. The summed E-state index contributed by atoms with van der Waals surface area (Å²) in [5, 5.41) is 0. The van der Waals surface area contributed by atoms with Gasteiger partial charge in [0.25, 0.3) is 5.91 Å². The van der Waals surface area contributed by atoms with E-state index in [4.69, 9.17) is 0 Å². The van der Waals surface area contributed by atoms with Crippen LogP contribution in [0.2, 0.25) is 0 Å². The van der Waals surface area contributed by atoms with Crippen LogP contribution in [0.1, 0.15) is 29.3 Å². The van der Waals surface area contributed by atoms with E-state index in [2.05, 4.69) is 19.7 Å². The first kappa shape index (κ1) is 17.4. The molecule has 0 unspecified atom stereocenters. The summed E-state index contributed by atoms with van der Waals surface area (Å²) in [6.07, 6.45) is 7.58. The molecule has 0 N–H and O–H groups in total. The molecule has 122 valence electrons. The standard InChI is InChI=1S/C21H21NO2/c1-6-18-10-8-15(3)21(24)22(16(4)9-11-18)20-13-14(2)7-12-19(20)17(5)23/h6-8,10-13H,1,3-4,9H2,2,5H3. The van der Waals surface area contributed by atoms with Gasteiger partial charge in [0.1, 0.15) is 0 Å². The lowest BCUT2D eigenvalue weighted by molar-refractivity contribution is -0.114. The number of rotatable bonds is 3. The van der Waals surface area contributed by atoms with Crippen molar-refractivity contribution in [1.29, 1.82) is 0 Å². The summed E-state index contributed by atoms with van der Waals surface area (Å²) in [6, 6.07) is 5.42. The third kappa shape index (κ3) is 3.51. The van der Waals surface area contributed by atoms with Crippen molar-refractivity contribution in [2.45, 2.75) is 20.3 Å². The maximum absolute atomic E-state index is 12.9. The van der Waals surface area contributed by atoms with Crippen molar-refractivity contribution in [3.8, 4) is 0 Å². The van der Waals surface area contributed by atoms with E-state index < -0.39 is 0 Å². The zero-order valence-electron chi connectivity index (χ0n) is 14.1. The second-order valence-corrected chi connectivity index (χ2v) is 5.75. The molecule has 1 aliphatic heterocycles. The van der Waals surface area contributed by atoms with Gasteiger partial charge < -0.3 is 0 Å². The number of aryl methyl sites for hydroxylation is 1. The number of benzene rings is 1. The maximum atomic E-state index is 12.9. The van der Waals surface area contributed by atoms with Crippen LogP contribution >= 0.6 is 0 Å². The first-order valence-corrected chi connectivity index (χ1v) is 7.68. The number of amides is 1. The minimum Gasteiger partial charge on any atom is -0.294 e. The third-order valence-electron chi connectivity index (χ3n) is 3.85. The van der Waals surface area contributed by atoms with E-state index in [-0.39, 0.29) is 11.7 Å². The molecule has 0 bridgehead atoms. The molecule has 0 aliphatic carbocycles. The molecule has 1 aliphatic rings. The summed E-state index contributed by atoms with van der Waals surface area (Å²) in [5.74, 6) is -0.392. The summed E-state index contributed by atoms with van der Waals surface area (Å²) < 4.78 is 0. The third-order valence-corrected chi connectivity index (χ3v) is 3.85. The van der Waals surface area contributed by atoms with Gasteiger partial charge in [0.05, 0.1) is 5.69 Å². The largest absolute Gasteiger partial charge is 0.294 e. The predicted molar refractivity (Wildman–Crippen MR) is 99.0 cm³/mol. The van der Waals surface area contributed by atoms with Crippen LogP contribution in [0.5, 0.6) is 0 Å². The van der Waals surface area contributed by atoms with Gasteiger partial charge in [-0.3, -0.25) is 14.5 Å². The van der Waals surface area contributed by atoms with E-state index in [1.54, 1.807) is 24.3 Å². The molecule has 1 aromatic carbocycles. The van der Waals surface area contributed by atoms with Crippen LogP contribution in [-0.2, 0) is 4.79 Å². The Hall–Kier alpha value is -2.94. The van der Waals surface area contributed by atoms with Crippen molar-refractivity contribution in [3.05, 3.63) is 90.2 Å². The molecule has 0 aromatic heterocycles. The van der Waals surface area contributed by atoms with Crippen LogP contribution in [-0.4, -0.2) is 11.7 Å². The van der Waals surface area contributed by atoms with E-state index in [9.17, 15) is 9.59 Å². The lowest BCUT2D eigenvalue weighted by Gasteiger charge is -2.26. The highest BCUT2D eigenvalue weighted by Crippen LogP contribution is 2.29. The van der Waals surface area contributed by atoms with Crippen molar-refractivity contribution in [3.63, 3.8) is 0 Å². The SMILES string of the molecule is C=CC1=CCC(=C)N(c2cc(C)ccc2C(C)=O)C(=O)C(=C)C=C1. The van der Waals surface area contributed by atoms with E-state index in [1.165, 1.54) is 11.8 Å². The fourth-order valence-electron chi connectivity index (χ4n) is 2.51. The number of allylic oxidation sites excluding steroid dienone is 4. The Morgan fingerprint density at radius 1 is 1.25 bits per heavy atom. The first-order valence-electron chi connectivity index (χ1n) is 7.68. The predicted octanol–water partition coefficient (Wildman–Crippen LogP) is 4.67. The van der Waals surface area contributed by atoms with Gasteiger partial charge in [0.2, 0.25) is 0 Å². The molecule has 1 aromatic rings. The molecular weight excluding hydrogens is 298 g/mol. The molecule has 2 rings (SSSR count). The molecule has 24 heavy (non-hydrogen) atoms. The second kappa shape index (κ2) is 7.09. The number of hydrogen-bond acceptors (Lipinski definition) is 2. The minimum absolute atomic E-state index is 0.103. The Labute approximate surface area is 143 Å². The molecule has 1 heterocycles. The summed E-state index contributed by atoms with van der Waals surface area (Å²) in [7, 11) is 0. The topological polar surface area (TPSA) is 37.4 Å². The summed E-state index contributed by atoms with van der Waals surface area (Å²) in [5.41, 5.74) is 3.78. The fraction of sp³-hybridized carbons (Fsp3) is 0.143. The highest BCUT2D eigenvalue weighted by molar-refractivity contribution is 6.12. The molecule has 0 saturated carbocycles. The Kier molecular flexibility index (Phi) is 5.14. The monoisotopic (exact) mass is 319 g/mol. The smallest absolute Gasteiger partial charge is 0.261 e. The summed E-state index contributed by atoms with van der Waals surface area (Å²) in [4.78, 5) is 26.4. The van der Waals surface area contributed by atoms with Crippen LogP contribution in [0.25, 0.3) is 0 Å². The van der Waals surface area contributed by atoms with Crippen molar-refractivity contribution in [1.82, 2.24) is 0 Å². The highest BCUT2D eigenvalue weighted by atomic mass is 16.2. The molecule has 0 radical (unpaired) electrons. The number of ketones is 1. The molecule has 0 atom stereocenters. The van der Waals surface area contributed by atoms with Gasteiger partial charge in [-0.05, 0) is 43.2 Å². The second-order valence-electron chi connectivity index (χ2n) is 5.75. The quantitative estimate of drug-likeness (QED) is 0.599. The van der Waals surface area contributed by atoms with Crippen molar-refractivity contribution in [2.75, 3.05) is 4.90 Å². The van der Waals surface area contributed by atoms with Crippen LogP contribution in [0.3, 0.4) is 0 Å². The number of hydrogen-bond donors (Lipinski definition) is 0. The van der Waals surface area contributed by atoms with E-state index in [0.29, 0.717) is 28.9 Å². The van der Waals surface area contributed by atoms with Crippen LogP contribution in [0, 0.1) is 6.92 Å². The highest BCUT2D eigenvalue weighted by Gasteiger charge is 2.24. The molecule has 1 amide bonds. The lowest BCUT2D eigenvalue weighted by Crippen LogP contribution is -2.31. The van der Waals surface area contributed by atoms with Gasteiger partial charge in [-0.2, -0.15) is 0 Å². The van der Waals surface area contributed by atoms with Gasteiger partial charge in [-0.1, -0.05) is 44.0 Å². The number of anilines is 1. The van der Waals surface area contributed by atoms with Gasteiger partial charge in [-0.15, -0.1) is 0 Å². The molecular formula is C21H21NO2. The lowest BCUT2D eigenvalue weighted by atomic mass is 10.0. The summed E-state index contributed by atoms with van der Waals surface area (Å²) >= 11 is 0. The minimum atomic E-state index is -0.289. The Balaban J connectivity index is 2.63. The fourth-order valence-corrected chi connectivity index (χ4v) is 2.51. The maximum Gasteiger partial charge on any atom is 0.261 e. The molecule has 0 fully saturated rings. The Morgan fingerprint density at radius 3 is 2.58 bits per heavy atom. The number of nitrogens with zero attached hydrogens (tertiary/aromatic N) is 1. The van der Waals surface area contributed by atoms with E-state index >= 15 is 0 Å². The summed E-state index contributed by atoms with van der Waals surface area (Å²) in [6.45, 7) is 15.1. The average molecular weight is 319 g/mol. The van der Waals surface area contributed by atoms with Gasteiger partial charge in [-0.25, -0.2) is 0 Å². The van der Waals surface area contributed by atoms with Crippen LogP contribution in [0.4, 0.5) is 5.69 Å². The van der Waals surface area contributed by atoms with E-state index in [1.807, 2.05) is 25.1 Å². The Morgan fingerprint density at radius 2 is 1.96 bits per heavy atom. The van der Waals surface area contributed by atoms with Crippen molar-refractivity contribution < 1.29 is 9.59 Å². The van der Waals surface area contributed by atoms with Gasteiger partial charge >= 0.3 is 0 Å². The molecule has 3 nitrogen and oxygen atoms in total. The van der Waals surface area contributed by atoms with Crippen LogP contribution in [0.15, 0.2) is 79.1 Å². The first-order chi connectivity index (χ1) is 11.3. The molecule has 3 heteroatoms. The molecule has 0 spiro atoms. The number of carbonyl (C=O) groups is 2. The number of Topliss-reactive ketones (excluding diaryl/α,β-unsaturated/α-hetero) is 1. The van der Waals surface area contributed by atoms with Crippen molar-refractivity contribution >= 4 is 17.4 Å². The van der Waals surface area contributed by atoms with Gasteiger partial charge in [0.15, 0.2) is 5.78 Å². The van der Waals surface area contributed by atoms with Gasteiger partial charge in [0, 0.05) is 23.3 Å². The Bertz CT molecular complexity index is 809. The zero-order chi connectivity index (χ0) is 17.9. The number of carbonyl (C=O) groups excluding carboxylic acids is 2. The van der Waals surface area contributed by atoms with Crippen LogP contribution < -0.4 is 4.90 Å². The van der Waals surface area contributed by atoms with Crippen molar-refractivity contribution in [2.24, 2.45) is 0 Å². The zero-order valence-corrected chi connectivity index (χ0v) is 14.1. The average Bonchev–Trinajstić information content (AvgIpc) is 2.58. The van der Waals surface area contributed by atoms with E-state index in [0.717, 1.165) is 11.1 Å².